The Morgan fingerprint density at radius 3 is 2.25 bits per heavy atom. The number of allylic oxidation sites excluding steroid dienone is 1. The van der Waals surface area contributed by atoms with Crippen molar-refractivity contribution < 1.29 is 26.6 Å². The Kier molecular flexibility index (Phi) is 5.38. The predicted octanol–water partition coefficient (Wildman–Crippen LogP) is 3.68. The van der Waals surface area contributed by atoms with Gasteiger partial charge in [-0.25, -0.2) is 9.29 Å². The van der Waals surface area contributed by atoms with Gasteiger partial charge in [0, 0.05) is 16.7 Å². The Morgan fingerprint density at radius 2 is 1.79 bits per heavy atom. The Morgan fingerprint density at radius 1 is 1.25 bits per heavy atom. The summed E-state index contributed by atoms with van der Waals surface area (Å²) < 4.78 is 43.3. The average Bonchev–Trinajstić information content (AvgIpc) is 2.82. The molecule has 0 fully saturated rings. The zero-order valence-electron chi connectivity index (χ0n) is 15.5. The summed E-state index contributed by atoms with van der Waals surface area (Å²) in [5, 5.41) is -0.278. The normalized spacial score (nSPS) is 17.2. The smallest absolute Gasteiger partial charge is 0.306 e. The maximum absolute atomic E-state index is 15.0. The van der Waals surface area contributed by atoms with Crippen molar-refractivity contribution >= 4 is 39.2 Å². The molecule has 0 N–H and O–H groups in total. The number of rotatable bonds is 5. The molecule has 0 spiro atoms. The first-order valence-electron chi connectivity index (χ1n) is 8.66. The second-order valence-electron chi connectivity index (χ2n) is 7.03. The van der Waals surface area contributed by atoms with Crippen molar-refractivity contribution in [3.05, 3.63) is 45.8 Å². The van der Waals surface area contributed by atoms with Crippen LogP contribution >= 0.6 is 11.6 Å². The fourth-order valence-corrected chi connectivity index (χ4v) is 4.32. The minimum absolute atomic E-state index is 0.00975. The van der Waals surface area contributed by atoms with Gasteiger partial charge in [-0.15, -0.1) is 0 Å². The lowest BCUT2D eigenvalue weighted by Crippen LogP contribution is -2.33. The molecule has 3 rings (SSSR count). The van der Waals surface area contributed by atoms with E-state index in [0.717, 1.165) is 30.1 Å². The zero-order valence-corrected chi connectivity index (χ0v) is 17.0. The highest BCUT2D eigenvalue weighted by atomic mass is 35.5. The molecular formula is C19H19ClFNO5S. The van der Waals surface area contributed by atoms with Crippen molar-refractivity contribution in [2.45, 2.75) is 39.0 Å². The molecule has 1 aromatic rings. The van der Waals surface area contributed by atoms with Gasteiger partial charge in [-0.3, -0.25) is 9.59 Å². The average molecular weight is 428 g/mol. The van der Waals surface area contributed by atoms with Crippen molar-refractivity contribution in [2.24, 2.45) is 0 Å². The molecule has 0 bridgehead atoms. The molecule has 2 aliphatic rings. The fourth-order valence-electron chi connectivity index (χ4n) is 3.53. The quantitative estimate of drug-likeness (QED) is 0.407. The Balaban J connectivity index is 2.23. The highest BCUT2D eigenvalue weighted by molar-refractivity contribution is 7.86. The summed E-state index contributed by atoms with van der Waals surface area (Å²) in [7, 11) is -3.99. The number of anilines is 1. The maximum Gasteiger partial charge on any atom is 0.306 e. The van der Waals surface area contributed by atoms with Crippen LogP contribution in [0.5, 0.6) is 5.75 Å². The van der Waals surface area contributed by atoms with Gasteiger partial charge >= 0.3 is 10.1 Å². The second-order valence-corrected chi connectivity index (χ2v) is 9.01. The molecular weight excluding hydrogens is 409 g/mol. The number of nitrogens with zero attached hydrogens (tertiary/aromatic N) is 1. The van der Waals surface area contributed by atoms with Crippen LogP contribution in [0.2, 0.25) is 5.02 Å². The van der Waals surface area contributed by atoms with E-state index < -0.39 is 27.7 Å². The number of hydrogen-bond donors (Lipinski definition) is 0. The van der Waals surface area contributed by atoms with E-state index in [1.807, 2.05) is 0 Å². The third-order valence-electron chi connectivity index (χ3n) is 4.58. The van der Waals surface area contributed by atoms with Gasteiger partial charge in [0.1, 0.15) is 5.82 Å². The van der Waals surface area contributed by atoms with Crippen molar-refractivity contribution in [3.63, 3.8) is 0 Å². The third-order valence-corrected chi connectivity index (χ3v) is 5.33. The predicted molar refractivity (Wildman–Crippen MR) is 103 cm³/mol. The molecule has 6 nitrogen and oxygen atoms in total. The highest BCUT2D eigenvalue weighted by Crippen LogP contribution is 2.44. The van der Waals surface area contributed by atoms with Crippen LogP contribution in [0.3, 0.4) is 0 Å². The standard InChI is InChI=1S/C19H19ClFNO5S/c1-10(2)8-13-16(15(21)9-14(20)17(13)27-28(3,25)26)22-18(23)11-6-4-5-7-12(11)19(22)24/h9H,1,4-8H2,2-3H3. The van der Waals surface area contributed by atoms with Crippen LogP contribution in [-0.4, -0.2) is 26.5 Å². The molecule has 9 heteroatoms. The molecule has 2 amide bonds. The number of halogens is 2. The molecule has 0 saturated carbocycles. The lowest BCUT2D eigenvalue weighted by atomic mass is 9.93. The lowest BCUT2D eigenvalue weighted by Gasteiger charge is -2.23. The third kappa shape index (κ3) is 3.71. The molecule has 0 atom stereocenters. The van der Waals surface area contributed by atoms with E-state index in [1.54, 1.807) is 6.92 Å². The van der Waals surface area contributed by atoms with Crippen LogP contribution in [-0.2, 0) is 26.1 Å². The molecule has 1 aliphatic carbocycles. The minimum atomic E-state index is -3.99. The van der Waals surface area contributed by atoms with Crippen LogP contribution in [0.1, 0.15) is 38.2 Å². The molecule has 1 heterocycles. The summed E-state index contributed by atoms with van der Waals surface area (Å²) in [6, 6.07) is 0.844. The molecule has 0 saturated heterocycles. The van der Waals surface area contributed by atoms with E-state index in [1.165, 1.54) is 0 Å². The lowest BCUT2D eigenvalue weighted by molar-refractivity contribution is -0.120. The summed E-state index contributed by atoms with van der Waals surface area (Å²) in [4.78, 5) is 26.5. The van der Waals surface area contributed by atoms with Crippen molar-refractivity contribution in [2.75, 3.05) is 11.2 Å². The Hall–Kier alpha value is -2.19. The van der Waals surface area contributed by atoms with Crippen LogP contribution < -0.4 is 9.08 Å². The topological polar surface area (TPSA) is 80.8 Å². The monoisotopic (exact) mass is 427 g/mol. The molecule has 1 aliphatic heterocycles. The first-order chi connectivity index (χ1) is 13.0. The van der Waals surface area contributed by atoms with Crippen LogP contribution in [0, 0.1) is 5.82 Å². The van der Waals surface area contributed by atoms with E-state index >= 15 is 0 Å². The summed E-state index contributed by atoms with van der Waals surface area (Å²) in [5.41, 5.74) is 0.966. The van der Waals surface area contributed by atoms with Crippen molar-refractivity contribution in [1.82, 2.24) is 0 Å². The first kappa shape index (κ1) is 20.5. The van der Waals surface area contributed by atoms with Gasteiger partial charge in [-0.05, 0) is 45.1 Å². The van der Waals surface area contributed by atoms with Gasteiger partial charge in [0.2, 0.25) is 0 Å². The minimum Gasteiger partial charge on any atom is -0.381 e. The molecule has 0 aromatic heterocycles. The summed E-state index contributed by atoms with van der Waals surface area (Å²) in [6.07, 6.45) is 3.25. The first-order valence-corrected chi connectivity index (χ1v) is 10.9. The van der Waals surface area contributed by atoms with E-state index in [9.17, 15) is 22.4 Å². The Labute approximate surface area is 167 Å². The summed E-state index contributed by atoms with van der Waals surface area (Å²) in [5.74, 6) is -2.40. The SMILES string of the molecule is C=C(C)Cc1c(OS(C)(=O)=O)c(Cl)cc(F)c1N1C(=O)C2=C(CCCC2)C1=O. The van der Waals surface area contributed by atoms with Gasteiger partial charge in [-0.2, -0.15) is 8.42 Å². The number of benzene rings is 1. The van der Waals surface area contributed by atoms with E-state index in [4.69, 9.17) is 15.8 Å². The summed E-state index contributed by atoms with van der Waals surface area (Å²) >= 11 is 6.04. The molecule has 28 heavy (non-hydrogen) atoms. The Bertz CT molecular complexity index is 1020. The summed E-state index contributed by atoms with van der Waals surface area (Å²) in [6.45, 7) is 5.40. The van der Waals surface area contributed by atoms with Gasteiger partial charge < -0.3 is 4.18 Å². The van der Waals surface area contributed by atoms with E-state index in [0.29, 0.717) is 29.6 Å². The van der Waals surface area contributed by atoms with Gasteiger partial charge in [0.15, 0.2) is 5.75 Å². The van der Waals surface area contributed by atoms with Crippen LogP contribution in [0.4, 0.5) is 10.1 Å². The molecule has 0 unspecified atom stereocenters. The second kappa shape index (κ2) is 7.33. The van der Waals surface area contributed by atoms with E-state index in [2.05, 4.69) is 6.58 Å². The highest BCUT2D eigenvalue weighted by Gasteiger charge is 2.42. The molecule has 150 valence electrons. The van der Waals surface area contributed by atoms with Crippen molar-refractivity contribution in [1.29, 1.82) is 0 Å². The largest absolute Gasteiger partial charge is 0.381 e. The zero-order chi connectivity index (χ0) is 20.8. The van der Waals surface area contributed by atoms with Crippen LogP contribution in [0.25, 0.3) is 0 Å². The number of carbonyl (C=O) groups is 2. The number of amides is 2. The molecule has 1 aromatic carbocycles. The maximum atomic E-state index is 15.0. The van der Waals surface area contributed by atoms with Crippen LogP contribution in [0.15, 0.2) is 29.4 Å². The van der Waals surface area contributed by atoms with Crippen molar-refractivity contribution in [3.8, 4) is 5.75 Å². The van der Waals surface area contributed by atoms with Gasteiger partial charge in [0.25, 0.3) is 11.8 Å². The molecule has 0 radical (unpaired) electrons. The fraction of sp³-hybridized carbons (Fsp3) is 0.368. The van der Waals surface area contributed by atoms with Gasteiger partial charge in [0.05, 0.1) is 17.0 Å². The number of carbonyl (C=O) groups excluding carboxylic acids is 2. The van der Waals surface area contributed by atoms with E-state index in [-0.39, 0.29) is 28.4 Å². The number of hydrogen-bond acceptors (Lipinski definition) is 5. The number of imide groups is 1. The van der Waals surface area contributed by atoms with Gasteiger partial charge in [-0.1, -0.05) is 23.8 Å².